The number of aromatic amines is 1. The Hall–Kier alpha value is -2.48. The van der Waals surface area contributed by atoms with Gasteiger partial charge in [-0.3, -0.25) is 9.59 Å². The van der Waals surface area contributed by atoms with E-state index < -0.39 is 0 Å². The summed E-state index contributed by atoms with van der Waals surface area (Å²) >= 11 is 0. The zero-order valence-corrected chi connectivity index (χ0v) is 13.3. The Morgan fingerprint density at radius 2 is 2.00 bits per heavy atom. The van der Waals surface area contributed by atoms with Crippen molar-refractivity contribution in [1.82, 2.24) is 25.6 Å². The minimum absolute atomic E-state index is 0.0917. The van der Waals surface area contributed by atoms with E-state index in [1.165, 1.54) is 0 Å². The second kappa shape index (κ2) is 6.20. The van der Waals surface area contributed by atoms with Gasteiger partial charge in [0.15, 0.2) is 0 Å². The monoisotopic (exact) mass is 328 g/mol. The number of amides is 2. The van der Waals surface area contributed by atoms with Crippen LogP contribution >= 0.6 is 0 Å². The summed E-state index contributed by atoms with van der Waals surface area (Å²) in [4.78, 5) is 26.7. The third kappa shape index (κ3) is 2.84. The van der Waals surface area contributed by atoms with Gasteiger partial charge in [0.2, 0.25) is 11.8 Å². The average Bonchev–Trinajstić information content (AvgIpc) is 3.21. The fourth-order valence-electron chi connectivity index (χ4n) is 3.54. The molecule has 2 amide bonds. The van der Waals surface area contributed by atoms with Crippen molar-refractivity contribution >= 4 is 28.5 Å². The molecule has 3 heterocycles. The molecule has 0 spiro atoms. The maximum absolute atomic E-state index is 12.5. The molecule has 2 aromatic rings. The normalized spacial score (nSPS) is 22.2. The van der Waals surface area contributed by atoms with Crippen LogP contribution in [0.4, 0.5) is 5.69 Å². The molecule has 1 atom stereocenters. The quantitative estimate of drug-likeness (QED) is 0.761. The Kier molecular flexibility index (Phi) is 3.89. The van der Waals surface area contributed by atoms with Crippen LogP contribution in [0.3, 0.4) is 0 Å². The second-order valence-electron chi connectivity index (χ2n) is 6.44. The van der Waals surface area contributed by atoms with Gasteiger partial charge in [0, 0.05) is 24.7 Å². The summed E-state index contributed by atoms with van der Waals surface area (Å²) in [5, 5.41) is 16.7. The molecule has 2 aliphatic rings. The van der Waals surface area contributed by atoms with Crippen molar-refractivity contribution < 1.29 is 9.59 Å². The van der Waals surface area contributed by atoms with E-state index in [1.807, 2.05) is 4.90 Å². The van der Waals surface area contributed by atoms with E-state index in [4.69, 9.17) is 0 Å². The van der Waals surface area contributed by atoms with Crippen LogP contribution < -0.4 is 10.6 Å². The Bertz CT molecular complexity index is 767. The number of fused-ring (bicyclic) bond motifs is 1. The highest BCUT2D eigenvalue weighted by molar-refractivity contribution is 5.98. The first-order valence-corrected chi connectivity index (χ1v) is 8.32. The number of carbonyl (C=O) groups is 2. The molecule has 2 fully saturated rings. The SMILES string of the molecule is O=C(Nc1ccc2n[nH]nc2c1)C1CC(=O)N(C2CCNCC2)C1. The van der Waals surface area contributed by atoms with Crippen molar-refractivity contribution in [2.45, 2.75) is 25.3 Å². The number of likely N-dealkylation sites (tertiary alicyclic amines) is 1. The number of nitrogens with one attached hydrogen (secondary N) is 3. The molecule has 1 aromatic carbocycles. The average molecular weight is 328 g/mol. The second-order valence-corrected chi connectivity index (χ2v) is 6.44. The standard InChI is InChI=1S/C16H20N6O2/c23-15-7-10(9-22(15)12-3-5-17-6-4-12)16(24)18-11-1-2-13-14(8-11)20-21-19-13/h1-2,8,10,12,17H,3-7,9H2,(H,18,24)(H,19,20,21). The van der Waals surface area contributed by atoms with Crippen molar-refractivity contribution in [2.24, 2.45) is 5.92 Å². The molecule has 8 nitrogen and oxygen atoms in total. The maximum Gasteiger partial charge on any atom is 0.229 e. The summed E-state index contributed by atoms with van der Waals surface area (Å²) in [6, 6.07) is 5.64. The van der Waals surface area contributed by atoms with Crippen molar-refractivity contribution in [2.75, 3.05) is 25.0 Å². The molecule has 1 aromatic heterocycles. The molecule has 0 aliphatic carbocycles. The van der Waals surface area contributed by atoms with E-state index in [0.29, 0.717) is 24.2 Å². The molecule has 126 valence electrons. The molecule has 0 radical (unpaired) electrons. The highest BCUT2D eigenvalue weighted by Gasteiger charge is 2.38. The van der Waals surface area contributed by atoms with Crippen molar-refractivity contribution in [3.63, 3.8) is 0 Å². The Morgan fingerprint density at radius 3 is 2.83 bits per heavy atom. The highest BCUT2D eigenvalue weighted by Crippen LogP contribution is 2.25. The number of nitrogens with zero attached hydrogens (tertiary/aromatic N) is 3. The van der Waals surface area contributed by atoms with E-state index in [1.54, 1.807) is 18.2 Å². The molecular weight excluding hydrogens is 308 g/mol. The van der Waals surface area contributed by atoms with Gasteiger partial charge in [-0.2, -0.15) is 15.4 Å². The zero-order valence-electron chi connectivity index (χ0n) is 13.3. The molecule has 0 saturated carbocycles. The van der Waals surface area contributed by atoms with Gasteiger partial charge in [0.1, 0.15) is 11.0 Å². The van der Waals surface area contributed by atoms with Gasteiger partial charge >= 0.3 is 0 Å². The van der Waals surface area contributed by atoms with Gasteiger partial charge < -0.3 is 15.5 Å². The Labute approximate surface area is 139 Å². The van der Waals surface area contributed by atoms with Crippen LogP contribution in [0.25, 0.3) is 11.0 Å². The van der Waals surface area contributed by atoms with Gasteiger partial charge in [-0.05, 0) is 44.1 Å². The van der Waals surface area contributed by atoms with Gasteiger partial charge in [-0.1, -0.05) is 0 Å². The van der Waals surface area contributed by atoms with Crippen molar-refractivity contribution in [1.29, 1.82) is 0 Å². The summed E-state index contributed by atoms with van der Waals surface area (Å²) in [5.74, 6) is -0.308. The number of hydrogen-bond donors (Lipinski definition) is 3. The van der Waals surface area contributed by atoms with Gasteiger partial charge in [0.05, 0.1) is 5.92 Å². The molecule has 8 heteroatoms. The van der Waals surface area contributed by atoms with Crippen LogP contribution in [0.5, 0.6) is 0 Å². The van der Waals surface area contributed by atoms with Gasteiger partial charge in [-0.25, -0.2) is 0 Å². The first kappa shape index (κ1) is 15.1. The number of rotatable bonds is 3. The van der Waals surface area contributed by atoms with Gasteiger partial charge in [-0.15, -0.1) is 0 Å². The lowest BCUT2D eigenvalue weighted by Gasteiger charge is -2.31. The van der Waals surface area contributed by atoms with Crippen molar-refractivity contribution in [3.05, 3.63) is 18.2 Å². The zero-order chi connectivity index (χ0) is 16.5. The summed E-state index contributed by atoms with van der Waals surface area (Å²) < 4.78 is 0. The molecule has 0 bridgehead atoms. The largest absolute Gasteiger partial charge is 0.339 e. The lowest BCUT2D eigenvalue weighted by molar-refractivity contribution is -0.130. The minimum atomic E-state index is -0.291. The Balaban J connectivity index is 1.42. The first-order chi connectivity index (χ1) is 11.7. The molecule has 1 unspecified atom stereocenters. The lowest BCUT2D eigenvalue weighted by atomic mass is 10.0. The van der Waals surface area contributed by atoms with Crippen LogP contribution in [0.2, 0.25) is 0 Å². The number of piperidine rings is 1. The van der Waals surface area contributed by atoms with Crippen molar-refractivity contribution in [3.8, 4) is 0 Å². The van der Waals surface area contributed by atoms with Crippen LogP contribution in [0, 0.1) is 5.92 Å². The number of H-pyrrole nitrogens is 1. The lowest BCUT2D eigenvalue weighted by Crippen LogP contribution is -2.44. The fraction of sp³-hybridized carbons (Fsp3) is 0.500. The van der Waals surface area contributed by atoms with E-state index in [2.05, 4.69) is 26.0 Å². The number of carbonyl (C=O) groups excluding carboxylic acids is 2. The van der Waals surface area contributed by atoms with E-state index in [0.717, 1.165) is 31.4 Å². The van der Waals surface area contributed by atoms with Crippen LogP contribution in [-0.4, -0.2) is 57.8 Å². The molecule has 2 saturated heterocycles. The van der Waals surface area contributed by atoms with Gasteiger partial charge in [0.25, 0.3) is 0 Å². The molecule has 24 heavy (non-hydrogen) atoms. The molecule has 4 rings (SSSR count). The predicted octanol–water partition coefficient (Wildman–Crippen LogP) is 0.497. The smallest absolute Gasteiger partial charge is 0.229 e. The molecular formula is C16H20N6O2. The van der Waals surface area contributed by atoms with Crippen LogP contribution in [0.1, 0.15) is 19.3 Å². The summed E-state index contributed by atoms with van der Waals surface area (Å²) in [6.07, 6.45) is 2.22. The summed E-state index contributed by atoms with van der Waals surface area (Å²) in [5.41, 5.74) is 2.13. The van der Waals surface area contributed by atoms with E-state index in [9.17, 15) is 9.59 Å². The highest BCUT2D eigenvalue weighted by atomic mass is 16.2. The molecule has 3 N–H and O–H groups in total. The third-order valence-electron chi connectivity index (χ3n) is 4.86. The van der Waals surface area contributed by atoms with Crippen LogP contribution in [-0.2, 0) is 9.59 Å². The maximum atomic E-state index is 12.5. The first-order valence-electron chi connectivity index (χ1n) is 8.32. The Morgan fingerprint density at radius 1 is 1.21 bits per heavy atom. The summed E-state index contributed by atoms with van der Waals surface area (Å²) in [6.45, 7) is 2.38. The number of hydrogen-bond acceptors (Lipinski definition) is 5. The number of benzene rings is 1. The summed E-state index contributed by atoms with van der Waals surface area (Å²) in [7, 11) is 0. The van der Waals surface area contributed by atoms with Crippen LogP contribution in [0.15, 0.2) is 18.2 Å². The predicted molar refractivity (Wildman–Crippen MR) is 88.2 cm³/mol. The fourth-order valence-corrected chi connectivity index (χ4v) is 3.54. The minimum Gasteiger partial charge on any atom is -0.339 e. The topological polar surface area (TPSA) is 103 Å². The van der Waals surface area contributed by atoms with E-state index in [-0.39, 0.29) is 23.8 Å². The third-order valence-corrected chi connectivity index (χ3v) is 4.86. The number of anilines is 1. The molecule has 2 aliphatic heterocycles. The van der Waals surface area contributed by atoms with E-state index >= 15 is 0 Å². The number of aromatic nitrogens is 3.